The van der Waals surface area contributed by atoms with Gasteiger partial charge in [-0.3, -0.25) is 14.5 Å². The average molecular weight is 480 g/mol. The summed E-state index contributed by atoms with van der Waals surface area (Å²) in [5, 5.41) is 11.9. The largest absolute Gasteiger partial charge is 0.507 e. The number of aryl methyl sites for hydroxylation is 1. The van der Waals surface area contributed by atoms with Gasteiger partial charge in [0, 0.05) is 16.3 Å². The van der Waals surface area contributed by atoms with Gasteiger partial charge >= 0.3 is 0 Å². The number of aliphatic hydroxyl groups excluding tert-OH is 1. The molecule has 7 heteroatoms. The second-order valence-electron chi connectivity index (χ2n) is 8.46. The average Bonchev–Trinajstić information content (AvgIpc) is 3.41. The predicted octanol–water partition coefficient (Wildman–Crippen LogP) is 6.39. The van der Waals surface area contributed by atoms with Crippen LogP contribution in [-0.4, -0.2) is 23.4 Å². The minimum Gasteiger partial charge on any atom is -0.507 e. The number of ketones is 1. The monoisotopic (exact) mass is 479 g/mol. The Hall–Kier alpha value is -3.51. The first kappa shape index (κ1) is 23.6. The predicted molar refractivity (Wildman–Crippen MR) is 131 cm³/mol. The number of rotatable bonds is 6. The third-order valence-corrected chi connectivity index (χ3v) is 6.12. The summed E-state index contributed by atoms with van der Waals surface area (Å²) in [5.41, 5.74) is 2.52. The minimum absolute atomic E-state index is 0.0341. The molecule has 1 unspecified atom stereocenters. The number of amides is 1. The number of furan rings is 1. The Morgan fingerprint density at radius 1 is 1.18 bits per heavy atom. The summed E-state index contributed by atoms with van der Waals surface area (Å²) in [4.78, 5) is 27.9. The normalized spacial score (nSPS) is 17.6. The number of anilines is 1. The highest BCUT2D eigenvalue weighted by molar-refractivity contribution is 6.51. The van der Waals surface area contributed by atoms with E-state index in [1.165, 1.54) is 11.2 Å². The molecule has 3 aromatic rings. The van der Waals surface area contributed by atoms with Crippen LogP contribution in [0.3, 0.4) is 0 Å². The molecular formula is C27H26ClNO5. The van der Waals surface area contributed by atoms with Crippen LogP contribution in [-0.2, 0) is 9.59 Å². The molecule has 1 aliphatic rings. The van der Waals surface area contributed by atoms with Crippen LogP contribution in [0, 0.1) is 6.92 Å². The molecule has 1 N–H and O–H groups in total. The van der Waals surface area contributed by atoms with Gasteiger partial charge < -0.3 is 14.3 Å². The summed E-state index contributed by atoms with van der Waals surface area (Å²) < 4.78 is 11.3. The second kappa shape index (κ2) is 9.39. The smallest absolute Gasteiger partial charge is 0.300 e. The number of hydrogen-bond acceptors (Lipinski definition) is 5. The fourth-order valence-electron chi connectivity index (χ4n) is 4.28. The summed E-state index contributed by atoms with van der Waals surface area (Å²) in [5.74, 6) is -0.594. The van der Waals surface area contributed by atoms with Gasteiger partial charge in [0.2, 0.25) is 0 Å². The molecule has 0 bridgehead atoms. The van der Waals surface area contributed by atoms with Crippen LogP contribution < -0.4 is 9.64 Å². The number of hydrogen-bond donors (Lipinski definition) is 1. The molecule has 0 saturated carbocycles. The Balaban J connectivity index is 1.91. The zero-order valence-electron chi connectivity index (χ0n) is 19.5. The van der Waals surface area contributed by atoms with Gasteiger partial charge in [0.05, 0.1) is 18.4 Å². The van der Waals surface area contributed by atoms with Crippen LogP contribution in [0.4, 0.5) is 5.69 Å². The van der Waals surface area contributed by atoms with Crippen LogP contribution >= 0.6 is 11.6 Å². The minimum atomic E-state index is -0.927. The zero-order valence-corrected chi connectivity index (χ0v) is 20.2. The summed E-state index contributed by atoms with van der Waals surface area (Å²) >= 11 is 6.11. The van der Waals surface area contributed by atoms with Crippen molar-refractivity contribution in [3.63, 3.8) is 0 Å². The number of ether oxygens (including phenoxy) is 1. The molecule has 0 radical (unpaired) electrons. The molecule has 6 nitrogen and oxygen atoms in total. The highest BCUT2D eigenvalue weighted by Gasteiger charge is 2.48. The van der Waals surface area contributed by atoms with E-state index in [-0.39, 0.29) is 17.3 Å². The fraction of sp³-hybridized carbons (Fsp3) is 0.259. The molecule has 0 aliphatic carbocycles. The SMILES string of the molecule is CCOc1ccc(/C(O)=C2/C(=O)C(=O)N(c3ccc(Cl)cc3C)C2c2ccco2)cc1C(C)C. The van der Waals surface area contributed by atoms with Crippen molar-refractivity contribution in [2.45, 2.75) is 39.7 Å². The van der Waals surface area contributed by atoms with E-state index in [1.807, 2.05) is 20.8 Å². The Morgan fingerprint density at radius 3 is 2.56 bits per heavy atom. The molecule has 1 aromatic heterocycles. The zero-order chi connectivity index (χ0) is 24.6. The quantitative estimate of drug-likeness (QED) is 0.252. The number of halogens is 1. The standard InChI is InChI=1S/C27H26ClNO5/c1-5-33-21-11-8-17(14-19(21)15(2)3)25(30)23-24(22-7-6-12-34-22)29(27(32)26(23)31)20-10-9-18(28)13-16(20)4/h6-15,24,30H,5H2,1-4H3/b25-23-. The summed E-state index contributed by atoms with van der Waals surface area (Å²) in [7, 11) is 0. The van der Waals surface area contributed by atoms with E-state index in [0.717, 1.165) is 5.56 Å². The number of Topliss-reactive ketones (excluding diaryl/α,β-unsaturated/α-hetero) is 1. The van der Waals surface area contributed by atoms with Crippen molar-refractivity contribution in [1.82, 2.24) is 0 Å². The highest BCUT2D eigenvalue weighted by Crippen LogP contribution is 2.44. The molecule has 176 valence electrons. The van der Waals surface area contributed by atoms with Crippen LogP contribution in [0.25, 0.3) is 5.76 Å². The molecule has 1 aliphatic heterocycles. The van der Waals surface area contributed by atoms with E-state index >= 15 is 0 Å². The summed E-state index contributed by atoms with van der Waals surface area (Å²) in [6.45, 7) is 8.26. The summed E-state index contributed by atoms with van der Waals surface area (Å²) in [6, 6.07) is 12.8. The van der Waals surface area contributed by atoms with Gasteiger partial charge in [-0.15, -0.1) is 0 Å². The first-order chi connectivity index (χ1) is 16.2. The maximum Gasteiger partial charge on any atom is 0.300 e. The third kappa shape index (κ3) is 4.10. The lowest BCUT2D eigenvalue weighted by Crippen LogP contribution is -2.29. The van der Waals surface area contributed by atoms with Crippen molar-refractivity contribution in [1.29, 1.82) is 0 Å². The molecule has 2 aromatic carbocycles. The van der Waals surface area contributed by atoms with Crippen LogP contribution in [0.5, 0.6) is 5.75 Å². The van der Waals surface area contributed by atoms with Crippen LogP contribution in [0.15, 0.2) is 64.8 Å². The first-order valence-electron chi connectivity index (χ1n) is 11.1. The highest BCUT2D eigenvalue weighted by atomic mass is 35.5. The van der Waals surface area contributed by atoms with Crippen molar-refractivity contribution in [2.75, 3.05) is 11.5 Å². The lowest BCUT2D eigenvalue weighted by Gasteiger charge is -2.25. The Morgan fingerprint density at radius 2 is 1.94 bits per heavy atom. The molecule has 1 saturated heterocycles. The van der Waals surface area contributed by atoms with E-state index in [0.29, 0.717) is 40.0 Å². The Labute approximate surface area is 203 Å². The van der Waals surface area contributed by atoms with Crippen LogP contribution in [0.2, 0.25) is 5.02 Å². The topological polar surface area (TPSA) is 80.0 Å². The number of carbonyl (C=O) groups excluding carboxylic acids is 2. The number of carbonyl (C=O) groups is 2. The van der Waals surface area contributed by atoms with E-state index in [4.69, 9.17) is 20.8 Å². The maximum atomic E-state index is 13.3. The van der Waals surface area contributed by atoms with Gasteiger partial charge in [-0.2, -0.15) is 0 Å². The van der Waals surface area contributed by atoms with Crippen molar-refractivity contribution >= 4 is 34.7 Å². The first-order valence-corrected chi connectivity index (χ1v) is 11.5. The van der Waals surface area contributed by atoms with Gasteiger partial charge in [-0.05, 0) is 79.4 Å². The molecule has 4 rings (SSSR count). The lowest BCUT2D eigenvalue weighted by atomic mass is 9.95. The fourth-order valence-corrected chi connectivity index (χ4v) is 4.50. The van der Waals surface area contributed by atoms with E-state index in [2.05, 4.69) is 0 Å². The van der Waals surface area contributed by atoms with Gasteiger partial charge in [0.25, 0.3) is 11.7 Å². The Kier molecular flexibility index (Phi) is 6.53. The molecule has 1 fully saturated rings. The van der Waals surface area contributed by atoms with Crippen molar-refractivity contribution in [3.05, 3.63) is 87.8 Å². The number of benzene rings is 2. The summed E-state index contributed by atoms with van der Waals surface area (Å²) in [6.07, 6.45) is 1.47. The molecular weight excluding hydrogens is 454 g/mol. The van der Waals surface area contributed by atoms with E-state index in [9.17, 15) is 14.7 Å². The van der Waals surface area contributed by atoms with E-state index < -0.39 is 17.7 Å². The van der Waals surface area contributed by atoms with Gasteiger partial charge in [-0.25, -0.2) is 0 Å². The van der Waals surface area contributed by atoms with Gasteiger partial charge in [-0.1, -0.05) is 25.4 Å². The van der Waals surface area contributed by atoms with Crippen molar-refractivity contribution < 1.29 is 23.8 Å². The van der Waals surface area contributed by atoms with Crippen molar-refractivity contribution in [3.8, 4) is 5.75 Å². The molecule has 2 heterocycles. The lowest BCUT2D eigenvalue weighted by molar-refractivity contribution is -0.132. The number of aliphatic hydroxyl groups is 1. The van der Waals surface area contributed by atoms with Gasteiger partial charge in [0.1, 0.15) is 23.3 Å². The number of nitrogens with zero attached hydrogens (tertiary/aromatic N) is 1. The van der Waals surface area contributed by atoms with Crippen molar-refractivity contribution in [2.24, 2.45) is 0 Å². The second-order valence-corrected chi connectivity index (χ2v) is 8.89. The maximum absolute atomic E-state index is 13.3. The third-order valence-electron chi connectivity index (χ3n) is 5.88. The molecule has 0 spiro atoms. The Bertz CT molecular complexity index is 1280. The molecule has 1 amide bonds. The van der Waals surface area contributed by atoms with E-state index in [1.54, 1.807) is 55.5 Å². The molecule has 34 heavy (non-hydrogen) atoms. The van der Waals surface area contributed by atoms with Crippen LogP contribution in [0.1, 0.15) is 55.2 Å². The molecule has 1 atom stereocenters. The van der Waals surface area contributed by atoms with Gasteiger partial charge in [0.15, 0.2) is 0 Å².